The summed E-state index contributed by atoms with van der Waals surface area (Å²) >= 11 is 5.80. The Hall–Kier alpha value is -1.37. The lowest BCUT2D eigenvalue weighted by molar-refractivity contribution is 0.580. The van der Waals surface area contributed by atoms with E-state index in [2.05, 4.69) is 9.82 Å². The summed E-state index contributed by atoms with van der Waals surface area (Å²) in [4.78, 5) is 0.219. The van der Waals surface area contributed by atoms with Gasteiger partial charge in [-0.05, 0) is 31.0 Å². The quantitative estimate of drug-likeness (QED) is 0.917. The van der Waals surface area contributed by atoms with Crippen molar-refractivity contribution < 1.29 is 8.42 Å². The number of aromatic nitrogens is 2. The Morgan fingerprint density at radius 3 is 2.50 bits per heavy atom. The summed E-state index contributed by atoms with van der Waals surface area (Å²) in [6, 6.07) is 7.34. The average Bonchev–Trinajstić information content (AvgIpc) is 2.73. The van der Waals surface area contributed by atoms with Gasteiger partial charge >= 0.3 is 0 Å². The second-order valence-electron chi connectivity index (χ2n) is 4.49. The Kier molecular flexibility index (Phi) is 4.47. The maximum absolute atomic E-state index is 12.1. The smallest absolute Gasteiger partial charge is 0.243 e. The van der Waals surface area contributed by atoms with E-state index in [0.29, 0.717) is 23.7 Å². The highest BCUT2D eigenvalue weighted by atomic mass is 35.5. The largest absolute Gasteiger partial charge is 0.272 e. The number of nitrogens with zero attached hydrogens (tertiary/aromatic N) is 2. The van der Waals surface area contributed by atoms with Gasteiger partial charge in [0.25, 0.3) is 0 Å². The number of rotatable bonds is 5. The summed E-state index contributed by atoms with van der Waals surface area (Å²) in [6.45, 7) is 2.05. The van der Waals surface area contributed by atoms with Crippen LogP contribution in [0.3, 0.4) is 0 Å². The zero-order valence-electron chi connectivity index (χ0n) is 11.3. The molecule has 7 heteroatoms. The fraction of sp³-hybridized carbons (Fsp3) is 0.308. The van der Waals surface area contributed by atoms with Gasteiger partial charge in [-0.15, -0.1) is 0 Å². The number of hydrogen-bond donors (Lipinski definition) is 1. The second-order valence-corrected chi connectivity index (χ2v) is 6.66. The minimum atomic E-state index is -3.51. The van der Waals surface area contributed by atoms with E-state index in [9.17, 15) is 8.42 Å². The molecular weight excluding hydrogens is 298 g/mol. The normalized spacial score (nSPS) is 11.8. The summed E-state index contributed by atoms with van der Waals surface area (Å²) in [6.07, 6.45) is 1.97. The highest BCUT2D eigenvalue weighted by Crippen LogP contribution is 2.13. The van der Waals surface area contributed by atoms with Crippen LogP contribution < -0.4 is 4.72 Å². The molecule has 0 atom stereocenters. The SMILES string of the molecule is Cc1c(S(=O)(=O)NCCc2ccc(Cl)cc2)cnn1C. The molecular formula is C13H16ClN3O2S. The molecule has 0 aliphatic rings. The molecule has 0 saturated carbocycles. The number of nitrogens with one attached hydrogen (secondary N) is 1. The van der Waals surface area contributed by atoms with E-state index in [4.69, 9.17) is 11.6 Å². The van der Waals surface area contributed by atoms with Gasteiger partial charge in [0.05, 0.1) is 11.9 Å². The minimum Gasteiger partial charge on any atom is -0.272 e. The predicted octanol–water partition coefficient (Wildman–Crippen LogP) is 1.90. The summed E-state index contributed by atoms with van der Waals surface area (Å²) in [5.74, 6) is 0. The summed E-state index contributed by atoms with van der Waals surface area (Å²) < 4.78 is 28.4. The standard InChI is InChI=1S/C13H16ClN3O2S/c1-10-13(9-15-17(10)2)20(18,19)16-8-7-11-3-5-12(14)6-4-11/h3-6,9,16H,7-8H2,1-2H3. The van der Waals surface area contributed by atoms with Crippen LogP contribution in [0.4, 0.5) is 0 Å². The zero-order chi connectivity index (χ0) is 14.8. The summed E-state index contributed by atoms with van der Waals surface area (Å²) in [5, 5.41) is 4.61. The molecule has 2 aromatic rings. The van der Waals surface area contributed by atoms with Gasteiger partial charge in [0.1, 0.15) is 4.90 Å². The topological polar surface area (TPSA) is 64.0 Å². The van der Waals surface area contributed by atoms with Gasteiger partial charge in [0.2, 0.25) is 10.0 Å². The molecule has 1 N–H and O–H groups in total. The minimum absolute atomic E-state index is 0.219. The highest BCUT2D eigenvalue weighted by molar-refractivity contribution is 7.89. The van der Waals surface area contributed by atoms with Gasteiger partial charge in [-0.2, -0.15) is 5.10 Å². The maximum atomic E-state index is 12.1. The molecule has 0 fully saturated rings. The van der Waals surface area contributed by atoms with Crippen LogP contribution in [0, 0.1) is 6.92 Å². The molecule has 0 aliphatic carbocycles. The molecule has 1 aromatic carbocycles. The van der Waals surface area contributed by atoms with Gasteiger partial charge in [-0.3, -0.25) is 4.68 Å². The molecule has 1 aromatic heterocycles. The molecule has 0 aliphatic heterocycles. The Morgan fingerprint density at radius 2 is 1.95 bits per heavy atom. The third kappa shape index (κ3) is 3.39. The van der Waals surface area contributed by atoms with Gasteiger partial charge in [0, 0.05) is 18.6 Å². The van der Waals surface area contributed by atoms with E-state index in [1.165, 1.54) is 10.9 Å². The van der Waals surface area contributed by atoms with Crippen molar-refractivity contribution in [3.8, 4) is 0 Å². The first-order valence-electron chi connectivity index (χ1n) is 6.13. The van der Waals surface area contributed by atoms with Crippen molar-refractivity contribution in [2.45, 2.75) is 18.2 Å². The third-order valence-corrected chi connectivity index (χ3v) is 4.91. The van der Waals surface area contributed by atoms with Crippen molar-refractivity contribution in [2.75, 3.05) is 6.54 Å². The number of aryl methyl sites for hydroxylation is 1. The summed E-state index contributed by atoms with van der Waals surface area (Å²) in [7, 11) is -1.80. The lowest BCUT2D eigenvalue weighted by Gasteiger charge is -2.06. The van der Waals surface area contributed by atoms with Gasteiger partial charge in [0.15, 0.2) is 0 Å². The van der Waals surface area contributed by atoms with Crippen LogP contribution in [0.25, 0.3) is 0 Å². The molecule has 108 valence electrons. The molecule has 0 amide bonds. The van der Waals surface area contributed by atoms with Crippen molar-refractivity contribution in [1.29, 1.82) is 0 Å². The first-order chi connectivity index (χ1) is 9.40. The van der Waals surface area contributed by atoms with Crippen molar-refractivity contribution >= 4 is 21.6 Å². The molecule has 2 rings (SSSR count). The number of hydrogen-bond acceptors (Lipinski definition) is 3. The highest BCUT2D eigenvalue weighted by Gasteiger charge is 2.19. The van der Waals surface area contributed by atoms with Crippen LogP contribution >= 0.6 is 11.6 Å². The van der Waals surface area contributed by atoms with Crippen molar-refractivity contribution in [3.05, 3.63) is 46.7 Å². The Morgan fingerprint density at radius 1 is 1.30 bits per heavy atom. The predicted molar refractivity (Wildman–Crippen MR) is 78.3 cm³/mol. The fourth-order valence-electron chi connectivity index (χ4n) is 1.80. The van der Waals surface area contributed by atoms with Crippen LogP contribution in [0.15, 0.2) is 35.4 Å². The van der Waals surface area contributed by atoms with Crippen LogP contribution in [-0.2, 0) is 23.5 Å². The number of benzene rings is 1. The molecule has 0 saturated heterocycles. The van der Waals surface area contributed by atoms with Crippen LogP contribution in [0.5, 0.6) is 0 Å². The van der Waals surface area contributed by atoms with Gasteiger partial charge < -0.3 is 0 Å². The first-order valence-corrected chi connectivity index (χ1v) is 7.99. The van der Waals surface area contributed by atoms with Crippen LogP contribution in [-0.4, -0.2) is 24.7 Å². The maximum Gasteiger partial charge on any atom is 0.243 e. The van der Waals surface area contributed by atoms with E-state index in [0.717, 1.165) is 5.56 Å². The lowest BCUT2D eigenvalue weighted by atomic mass is 10.2. The molecule has 0 radical (unpaired) electrons. The Balaban J connectivity index is 2.00. The first kappa shape index (κ1) is 15.0. The zero-order valence-corrected chi connectivity index (χ0v) is 12.9. The van der Waals surface area contributed by atoms with Crippen LogP contribution in [0.1, 0.15) is 11.3 Å². The molecule has 5 nitrogen and oxygen atoms in total. The van der Waals surface area contributed by atoms with Gasteiger partial charge in [-0.25, -0.2) is 13.1 Å². The average molecular weight is 314 g/mol. The van der Waals surface area contributed by atoms with Gasteiger partial charge in [-0.1, -0.05) is 23.7 Å². The van der Waals surface area contributed by atoms with Crippen molar-refractivity contribution in [3.63, 3.8) is 0 Å². The molecule has 1 heterocycles. The van der Waals surface area contributed by atoms with E-state index in [1.54, 1.807) is 26.1 Å². The van der Waals surface area contributed by atoms with E-state index in [-0.39, 0.29) is 4.90 Å². The second kappa shape index (κ2) is 5.95. The van der Waals surface area contributed by atoms with E-state index in [1.807, 2.05) is 12.1 Å². The van der Waals surface area contributed by atoms with Crippen LogP contribution in [0.2, 0.25) is 5.02 Å². The molecule has 0 unspecified atom stereocenters. The molecule has 0 bridgehead atoms. The monoisotopic (exact) mass is 313 g/mol. The van der Waals surface area contributed by atoms with Crippen molar-refractivity contribution in [1.82, 2.24) is 14.5 Å². The fourth-order valence-corrected chi connectivity index (χ4v) is 3.16. The number of halogens is 1. The Labute approximate surface area is 123 Å². The third-order valence-electron chi connectivity index (χ3n) is 3.10. The molecule has 20 heavy (non-hydrogen) atoms. The number of sulfonamides is 1. The van der Waals surface area contributed by atoms with E-state index >= 15 is 0 Å². The summed E-state index contributed by atoms with van der Waals surface area (Å²) in [5.41, 5.74) is 1.64. The van der Waals surface area contributed by atoms with E-state index < -0.39 is 10.0 Å². The van der Waals surface area contributed by atoms with Crippen molar-refractivity contribution in [2.24, 2.45) is 7.05 Å². The molecule has 0 spiro atoms. The Bertz CT molecular complexity index is 693. The lowest BCUT2D eigenvalue weighted by Crippen LogP contribution is -2.26.